The van der Waals surface area contributed by atoms with Crippen molar-refractivity contribution < 1.29 is 17.6 Å². The van der Waals surface area contributed by atoms with Gasteiger partial charge < -0.3 is 9.73 Å². The van der Waals surface area contributed by atoms with Gasteiger partial charge >= 0.3 is 5.76 Å². The molecule has 2 atom stereocenters. The topological polar surface area (TPSA) is 134 Å². The lowest BCUT2D eigenvalue weighted by Crippen LogP contribution is -2.34. The third kappa shape index (κ3) is 3.61. The van der Waals surface area contributed by atoms with Crippen LogP contribution in [-0.2, 0) is 14.8 Å². The van der Waals surface area contributed by atoms with Crippen LogP contribution in [-0.4, -0.2) is 31.2 Å². The van der Waals surface area contributed by atoms with Crippen LogP contribution < -0.4 is 15.8 Å². The normalized spacial score (nSPS) is 18.0. The Hall–Kier alpha value is -3.40. The zero-order valence-electron chi connectivity index (χ0n) is 16.3. The van der Waals surface area contributed by atoms with E-state index in [0.717, 1.165) is 0 Å². The van der Waals surface area contributed by atoms with Crippen LogP contribution in [0.2, 0.25) is 0 Å². The van der Waals surface area contributed by atoms with Crippen molar-refractivity contribution in [3.8, 4) is 0 Å². The predicted octanol–water partition coefficient (Wildman–Crippen LogP) is 2.21. The Morgan fingerprint density at radius 3 is 2.77 bits per heavy atom. The van der Waals surface area contributed by atoms with Crippen LogP contribution in [0.5, 0.6) is 0 Å². The molecule has 1 aromatic heterocycles. The quantitative estimate of drug-likeness (QED) is 0.573. The van der Waals surface area contributed by atoms with Gasteiger partial charge in [0.05, 0.1) is 10.4 Å². The fraction of sp³-hybridized carbons (Fsp3) is 0.250. The number of nitrogens with one attached hydrogen (secondary N) is 3. The molecule has 1 aliphatic heterocycles. The Bertz CT molecular complexity index is 1320. The van der Waals surface area contributed by atoms with E-state index in [1.54, 1.807) is 36.4 Å². The number of fused-ring (bicyclic) bond motifs is 2. The molecule has 0 saturated carbocycles. The van der Waals surface area contributed by atoms with Gasteiger partial charge in [-0.3, -0.25) is 19.5 Å². The number of hydrogen-bond donors (Lipinski definition) is 3. The van der Waals surface area contributed by atoms with Crippen molar-refractivity contribution in [1.82, 2.24) is 9.71 Å². The fourth-order valence-corrected chi connectivity index (χ4v) is 4.52. The molecule has 0 fully saturated rings. The van der Waals surface area contributed by atoms with Crippen molar-refractivity contribution in [1.29, 1.82) is 0 Å². The van der Waals surface area contributed by atoms with Crippen LogP contribution >= 0.6 is 0 Å². The van der Waals surface area contributed by atoms with Crippen LogP contribution in [0.3, 0.4) is 0 Å². The highest BCUT2D eigenvalue weighted by molar-refractivity contribution is 7.90. The number of amides is 1. The summed E-state index contributed by atoms with van der Waals surface area (Å²) >= 11 is 0. The summed E-state index contributed by atoms with van der Waals surface area (Å²) in [5.74, 6) is -0.956. The molecule has 0 bridgehead atoms. The molecule has 3 N–H and O–H groups in total. The largest absolute Gasteiger partial charge is 0.417 e. The van der Waals surface area contributed by atoms with Crippen LogP contribution in [0.4, 0.5) is 5.69 Å². The number of carbonyl (C=O) groups is 1. The van der Waals surface area contributed by atoms with Crippen molar-refractivity contribution in [2.75, 3.05) is 5.32 Å². The first-order chi connectivity index (χ1) is 14.3. The van der Waals surface area contributed by atoms with E-state index in [0.29, 0.717) is 28.8 Å². The van der Waals surface area contributed by atoms with Crippen molar-refractivity contribution >= 4 is 38.6 Å². The molecule has 30 heavy (non-hydrogen) atoms. The molecule has 3 aromatic rings. The Kier molecular flexibility index (Phi) is 4.94. The third-order valence-corrected chi connectivity index (χ3v) is 6.47. The molecule has 156 valence electrons. The summed E-state index contributed by atoms with van der Waals surface area (Å²) in [6.07, 6.45) is 0.664. The number of carbonyl (C=O) groups excluding carboxylic acids is 1. The standard InChI is InChI=1S/C20H20N4O5S/c1-3-11(2)17(23-18-13-6-4-5-7-16(13)30(27,28)24-18)19(25)21-12-8-9-15-14(10-12)22-20(26)29-15/h4-11,17H,3H2,1-2H3,(H,21,25)(H,22,26)(H,23,24)/t11-,17-/m0/s1. The van der Waals surface area contributed by atoms with E-state index in [1.807, 2.05) is 13.8 Å². The van der Waals surface area contributed by atoms with Gasteiger partial charge in [-0.15, -0.1) is 0 Å². The number of aromatic nitrogens is 1. The molecule has 0 spiro atoms. The van der Waals surface area contributed by atoms with E-state index < -0.39 is 21.8 Å². The second-order valence-electron chi connectivity index (χ2n) is 7.12. The molecular formula is C20H20N4O5S. The highest BCUT2D eigenvalue weighted by Crippen LogP contribution is 2.25. The maximum Gasteiger partial charge on any atom is 0.417 e. The second-order valence-corrected chi connectivity index (χ2v) is 8.78. The summed E-state index contributed by atoms with van der Waals surface area (Å²) in [4.78, 5) is 31.5. The average Bonchev–Trinajstić information content (AvgIpc) is 3.21. The van der Waals surface area contributed by atoms with Crippen LogP contribution in [0.1, 0.15) is 25.8 Å². The van der Waals surface area contributed by atoms with Crippen molar-refractivity contribution in [2.45, 2.75) is 31.2 Å². The van der Waals surface area contributed by atoms with E-state index in [9.17, 15) is 18.0 Å². The minimum absolute atomic E-state index is 0.140. The summed E-state index contributed by atoms with van der Waals surface area (Å²) in [5, 5.41) is 2.79. The van der Waals surface area contributed by atoms with Gasteiger partial charge in [0, 0.05) is 11.3 Å². The minimum Gasteiger partial charge on any atom is -0.408 e. The Morgan fingerprint density at radius 1 is 1.23 bits per heavy atom. The fourth-order valence-electron chi connectivity index (χ4n) is 3.28. The van der Waals surface area contributed by atoms with Gasteiger partial charge in [-0.25, -0.2) is 13.2 Å². The molecule has 10 heteroatoms. The van der Waals surface area contributed by atoms with Crippen LogP contribution in [0.15, 0.2) is 61.6 Å². The van der Waals surface area contributed by atoms with E-state index >= 15 is 0 Å². The highest BCUT2D eigenvalue weighted by Gasteiger charge is 2.33. The Labute approximate surface area is 172 Å². The SMILES string of the molecule is CC[C@H](C)[C@H](N=C1NS(=O)(=O)c2ccccc21)C(=O)Nc1ccc2oc(=O)[nH]c2c1. The summed E-state index contributed by atoms with van der Waals surface area (Å²) in [6, 6.07) is 10.5. The number of aromatic amines is 1. The first kappa shape index (κ1) is 19.9. The zero-order valence-corrected chi connectivity index (χ0v) is 17.1. The van der Waals surface area contributed by atoms with Gasteiger partial charge in [0.1, 0.15) is 11.9 Å². The summed E-state index contributed by atoms with van der Waals surface area (Å²) in [6.45, 7) is 3.81. The lowest BCUT2D eigenvalue weighted by molar-refractivity contribution is -0.118. The molecule has 0 radical (unpaired) electrons. The lowest BCUT2D eigenvalue weighted by Gasteiger charge is -2.19. The molecule has 1 aliphatic rings. The summed E-state index contributed by atoms with van der Waals surface area (Å²) in [5.41, 5.74) is 1.75. The minimum atomic E-state index is -3.70. The molecular weight excluding hydrogens is 408 g/mol. The first-order valence-corrected chi connectivity index (χ1v) is 10.9. The number of anilines is 1. The Balaban J connectivity index is 1.66. The van der Waals surface area contributed by atoms with E-state index in [2.05, 4.69) is 20.0 Å². The molecule has 2 heterocycles. The second kappa shape index (κ2) is 7.45. The van der Waals surface area contributed by atoms with Crippen molar-refractivity contribution in [2.24, 2.45) is 10.9 Å². The number of rotatable bonds is 5. The van der Waals surface area contributed by atoms with Crippen LogP contribution in [0.25, 0.3) is 11.1 Å². The number of amidine groups is 1. The van der Waals surface area contributed by atoms with Crippen molar-refractivity contribution in [3.05, 3.63) is 58.6 Å². The van der Waals surface area contributed by atoms with Gasteiger partial charge in [0.25, 0.3) is 10.0 Å². The van der Waals surface area contributed by atoms with E-state index in [-0.39, 0.29) is 22.6 Å². The van der Waals surface area contributed by atoms with Gasteiger partial charge in [-0.2, -0.15) is 0 Å². The highest BCUT2D eigenvalue weighted by atomic mass is 32.2. The Morgan fingerprint density at radius 2 is 2.00 bits per heavy atom. The first-order valence-electron chi connectivity index (χ1n) is 9.42. The molecule has 4 rings (SSSR count). The lowest BCUT2D eigenvalue weighted by atomic mass is 9.98. The summed E-state index contributed by atoms with van der Waals surface area (Å²) in [7, 11) is -3.70. The molecule has 9 nitrogen and oxygen atoms in total. The van der Waals surface area contributed by atoms with E-state index in [1.165, 1.54) is 6.07 Å². The number of hydrogen-bond acceptors (Lipinski definition) is 6. The third-order valence-electron chi connectivity index (χ3n) is 5.07. The van der Waals surface area contributed by atoms with Gasteiger partial charge in [0.2, 0.25) is 5.91 Å². The number of benzene rings is 2. The van der Waals surface area contributed by atoms with Gasteiger partial charge in [0.15, 0.2) is 5.58 Å². The number of aliphatic imine (C=N–C) groups is 1. The molecule has 0 saturated heterocycles. The maximum atomic E-state index is 13.0. The number of H-pyrrole nitrogens is 1. The van der Waals surface area contributed by atoms with Gasteiger partial charge in [-0.05, 0) is 36.2 Å². The number of sulfonamides is 1. The van der Waals surface area contributed by atoms with Gasteiger partial charge in [-0.1, -0.05) is 32.4 Å². The maximum absolute atomic E-state index is 13.0. The van der Waals surface area contributed by atoms with E-state index in [4.69, 9.17) is 4.42 Å². The summed E-state index contributed by atoms with van der Waals surface area (Å²) < 4.78 is 32.1. The predicted molar refractivity (Wildman–Crippen MR) is 112 cm³/mol. The van der Waals surface area contributed by atoms with Crippen molar-refractivity contribution in [3.63, 3.8) is 0 Å². The smallest absolute Gasteiger partial charge is 0.408 e. The molecule has 1 amide bonds. The zero-order chi connectivity index (χ0) is 21.5. The molecule has 0 aliphatic carbocycles. The number of oxazole rings is 1. The monoisotopic (exact) mass is 428 g/mol. The molecule has 2 aromatic carbocycles. The van der Waals surface area contributed by atoms with Crippen LogP contribution in [0, 0.1) is 5.92 Å². The number of nitrogens with zero attached hydrogens (tertiary/aromatic N) is 1. The molecule has 0 unspecified atom stereocenters. The average molecular weight is 428 g/mol.